The highest BCUT2D eigenvalue weighted by Gasteiger charge is 2.25. The molecule has 28 heavy (non-hydrogen) atoms. The number of benzene rings is 1. The van der Waals surface area contributed by atoms with E-state index < -0.39 is 0 Å². The van der Waals surface area contributed by atoms with Crippen LogP contribution in [0.15, 0.2) is 41.5 Å². The van der Waals surface area contributed by atoms with Crippen LogP contribution in [-0.2, 0) is 13.0 Å². The summed E-state index contributed by atoms with van der Waals surface area (Å²) in [5, 5.41) is 7.54. The maximum atomic E-state index is 14.4. The first kappa shape index (κ1) is 18.0. The average Bonchev–Trinajstić information content (AvgIpc) is 3.07. The van der Waals surface area contributed by atoms with E-state index in [1.54, 1.807) is 18.2 Å². The Morgan fingerprint density at radius 2 is 2.11 bits per heavy atom. The Balaban J connectivity index is 1.77. The van der Waals surface area contributed by atoms with Gasteiger partial charge in [-0.15, -0.1) is 0 Å². The van der Waals surface area contributed by atoms with Gasteiger partial charge in [-0.3, -0.25) is 10.4 Å². The minimum atomic E-state index is -0.340. The Kier molecular flexibility index (Phi) is 4.73. The van der Waals surface area contributed by atoms with E-state index in [-0.39, 0.29) is 5.82 Å². The normalized spacial score (nSPS) is 14.1. The molecule has 1 aliphatic rings. The minimum Gasteiger partial charge on any atom is -0.350 e. The number of nitrogens with one attached hydrogen (secondary N) is 2. The number of rotatable bonds is 3. The van der Waals surface area contributed by atoms with Gasteiger partial charge in [0.15, 0.2) is 5.84 Å². The molecular weight excluding hydrogens is 355 g/mol. The molecule has 0 unspecified atom stereocenters. The highest BCUT2D eigenvalue weighted by molar-refractivity contribution is 6.05. The number of H-pyrrole nitrogens is 1. The summed E-state index contributed by atoms with van der Waals surface area (Å²) in [4.78, 5) is 18.5. The van der Waals surface area contributed by atoms with Gasteiger partial charge in [-0.1, -0.05) is 12.1 Å². The molecule has 2 N–H and O–H groups in total. The lowest BCUT2D eigenvalue weighted by Gasteiger charge is -2.31. The Bertz CT molecular complexity index is 1070. The van der Waals surface area contributed by atoms with Crippen molar-refractivity contribution in [2.75, 3.05) is 6.54 Å². The smallest absolute Gasteiger partial charge is 0.156 e. The molecule has 0 radical (unpaired) electrons. The van der Waals surface area contributed by atoms with Crippen molar-refractivity contribution < 1.29 is 4.39 Å². The van der Waals surface area contributed by atoms with Crippen LogP contribution in [0.1, 0.15) is 28.3 Å². The van der Waals surface area contributed by atoms with E-state index in [4.69, 9.17) is 5.41 Å². The van der Waals surface area contributed by atoms with Gasteiger partial charge in [-0.05, 0) is 49.6 Å². The second kappa shape index (κ2) is 7.34. The van der Waals surface area contributed by atoms with Crippen molar-refractivity contribution in [2.45, 2.75) is 26.8 Å². The molecule has 3 heterocycles. The van der Waals surface area contributed by atoms with Gasteiger partial charge in [-0.25, -0.2) is 14.4 Å². The first-order valence-corrected chi connectivity index (χ1v) is 9.15. The van der Waals surface area contributed by atoms with Crippen LogP contribution in [0.4, 0.5) is 4.39 Å². The number of hydrogen-bond acceptors (Lipinski definition) is 3. The minimum absolute atomic E-state index is 0.340. The summed E-state index contributed by atoms with van der Waals surface area (Å²) in [6.07, 6.45) is 3.77. The Hall–Kier alpha value is -3.35. The van der Waals surface area contributed by atoms with E-state index in [9.17, 15) is 4.39 Å². The van der Waals surface area contributed by atoms with E-state index in [1.165, 1.54) is 11.6 Å². The number of aliphatic imine (C=N–C) groups is 1. The quantitative estimate of drug-likeness (QED) is 0.541. The first-order valence-electron chi connectivity index (χ1n) is 9.15. The van der Waals surface area contributed by atoms with Crippen LogP contribution in [0.25, 0.3) is 11.3 Å². The fourth-order valence-corrected chi connectivity index (χ4v) is 3.61. The summed E-state index contributed by atoms with van der Waals surface area (Å²) in [7, 11) is 0. The molecule has 1 aromatic carbocycles. The molecule has 1 aliphatic heterocycles. The zero-order valence-electron chi connectivity index (χ0n) is 15.8. The third-order valence-electron chi connectivity index (χ3n) is 4.89. The molecule has 3 aromatic rings. The Morgan fingerprint density at radius 1 is 1.29 bits per heavy atom. The molecule has 142 valence electrons. The second-order valence-corrected chi connectivity index (χ2v) is 6.87. The predicted octanol–water partition coefficient (Wildman–Crippen LogP) is 3.64. The molecule has 0 spiro atoms. The number of halogens is 1. The number of amidine groups is 1. The van der Waals surface area contributed by atoms with Crippen LogP contribution in [-0.4, -0.2) is 38.6 Å². The molecule has 0 amide bonds. The van der Waals surface area contributed by atoms with Gasteiger partial charge in [0.05, 0.1) is 0 Å². The van der Waals surface area contributed by atoms with Crippen LogP contribution in [0.3, 0.4) is 0 Å². The molecule has 0 aliphatic carbocycles. The van der Waals surface area contributed by atoms with Gasteiger partial charge < -0.3 is 9.88 Å². The molecule has 0 bridgehead atoms. The van der Waals surface area contributed by atoms with Gasteiger partial charge in [0, 0.05) is 30.5 Å². The summed E-state index contributed by atoms with van der Waals surface area (Å²) in [6.45, 7) is 5.19. The Labute approximate surface area is 162 Å². The Morgan fingerprint density at radius 3 is 2.89 bits per heavy atom. The van der Waals surface area contributed by atoms with Gasteiger partial charge in [0.2, 0.25) is 0 Å². The van der Waals surface area contributed by atoms with Crippen molar-refractivity contribution in [3.8, 4) is 11.3 Å². The molecule has 0 fully saturated rings. The number of nitrogens with zero attached hydrogens (tertiary/aromatic N) is 4. The fourth-order valence-electron chi connectivity index (χ4n) is 3.61. The third-order valence-corrected chi connectivity index (χ3v) is 4.89. The van der Waals surface area contributed by atoms with E-state index in [0.29, 0.717) is 35.2 Å². The number of hydrogen-bond donors (Lipinski definition) is 2. The molecule has 2 aromatic heterocycles. The molecule has 4 rings (SSSR count). The van der Waals surface area contributed by atoms with E-state index in [2.05, 4.69) is 30.9 Å². The van der Waals surface area contributed by atoms with E-state index in [0.717, 1.165) is 30.6 Å². The monoisotopic (exact) mass is 376 g/mol. The van der Waals surface area contributed by atoms with Crippen LogP contribution in [0, 0.1) is 25.1 Å². The number of pyridine rings is 1. The van der Waals surface area contributed by atoms with Crippen molar-refractivity contribution in [1.82, 2.24) is 19.9 Å². The van der Waals surface area contributed by atoms with Crippen molar-refractivity contribution in [3.05, 3.63) is 70.7 Å². The van der Waals surface area contributed by atoms with Crippen molar-refractivity contribution in [1.29, 1.82) is 5.41 Å². The van der Waals surface area contributed by atoms with Crippen LogP contribution in [0.5, 0.6) is 0 Å². The van der Waals surface area contributed by atoms with Crippen LogP contribution in [0.2, 0.25) is 0 Å². The molecule has 7 heteroatoms. The highest BCUT2D eigenvalue weighted by atomic mass is 19.1. The third kappa shape index (κ3) is 3.31. The molecule has 0 saturated heterocycles. The van der Waals surface area contributed by atoms with Crippen molar-refractivity contribution >= 4 is 12.2 Å². The summed E-state index contributed by atoms with van der Waals surface area (Å²) >= 11 is 0. The van der Waals surface area contributed by atoms with E-state index >= 15 is 0 Å². The van der Waals surface area contributed by atoms with Gasteiger partial charge >= 0.3 is 0 Å². The summed E-state index contributed by atoms with van der Waals surface area (Å²) in [6, 6.07) is 8.67. The molecule has 0 saturated carbocycles. The number of fused-ring (bicyclic) bond motifs is 1. The van der Waals surface area contributed by atoms with Crippen LogP contribution < -0.4 is 0 Å². The lowest BCUT2D eigenvalue weighted by atomic mass is 10.0. The number of imidazole rings is 1. The largest absolute Gasteiger partial charge is 0.350 e. The molecule has 6 nitrogen and oxygen atoms in total. The SMILES string of the molecule is Cc1cc2c(cn1)CN(C(=NC=N)c1[nH]c(C)nc1-c1ccccc1F)CC2. The summed E-state index contributed by atoms with van der Waals surface area (Å²) in [5.74, 6) is 0.911. The maximum Gasteiger partial charge on any atom is 0.156 e. The summed E-state index contributed by atoms with van der Waals surface area (Å²) in [5.41, 5.74) is 4.96. The first-order chi connectivity index (χ1) is 13.6. The fraction of sp³-hybridized carbons (Fsp3) is 0.238. The van der Waals surface area contributed by atoms with E-state index in [1.807, 2.05) is 20.0 Å². The van der Waals surface area contributed by atoms with Crippen molar-refractivity contribution in [2.24, 2.45) is 4.99 Å². The number of aromatic nitrogens is 3. The standard InChI is InChI=1S/C21H21FN6/c1-13-9-15-7-8-28(11-16(15)10-24-13)21(25-12-23)20-19(26-14(2)27-20)17-5-3-4-6-18(17)22/h3-6,9-10,12,23H,7-8,11H2,1-2H3,(H,26,27). The molecule has 0 atom stereocenters. The topological polar surface area (TPSA) is 81.0 Å². The maximum absolute atomic E-state index is 14.4. The highest BCUT2D eigenvalue weighted by Crippen LogP contribution is 2.28. The molecular formula is C21H21FN6. The lowest BCUT2D eigenvalue weighted by molar-refractivity contribution is 0.393. The van der Waals surface area contributed by atoms with Gasteiger partial charge in [0.1, 0.15) is 29.4 Å². The van der Waals surface area contributed by atoms with Gasteiger partial charge in [0.25, 0.3) is 0 Å². The zero-order valence-corrected chi connectivity index (χ0v) is 15.8. The second-order valence-electron chi connectivity index (χ2n) is 6.87. The van der Waals surface area contributed by atoms with Gasteiger partial charge in [-0.2, -0.15) is 0 Å². The lowest BCUT2D eigenvalue weighted by Crippen LogP contribution is -2.37. The summed E-state index contributed by atoms with van der Waals surface area (Å²) < 4.78 is 14.4. The zero-order chi connectivity index (χ0) is 19.7. The number of aryl methyl sites for hydroxylation is 2. The number of aromatic amines is 1. The average molecular weight is 376 g/mol. The van der Waals surface area contributed by atoms with Crippen LogP contribution >= 0.6 is 0 Å². The predicted molar refractivity (Wildman–Crippen MR) is 107 cm³/mol. The van der Waals surface area contributed by atoms with Crippen molar-refractivity contribution in [3.63, 3.8) is 0 Å².